The van der Waals surface area contributed by atoms with Crippen LogP contribution in [0.3, 0.4) is 0 Å². The second-order valence-electron chi connectivity index (χ2n) is 5.35. The molecule has 0 aromatic rings. The van der Waals surface area contributed by atoms with Crippen LogP contribution < -0.4 is 10.6 Å². The van der Waals surface area contributed by atoms with Crippen LogP contribution in [0, 0.1) is 11.8 Å². The number of amides is 1. The highest BCUT2D eigenvalue weighted by molar-refractivity contribution is 5.81. The van der Waals surface area contributed by atoms with E-state index in [4.69, 9.17) is 0 Å². The molecule has 1 atom stereocenters. The molecule has 0 rings (SSSR count). The molecule has 1 unspecified atom stereocenters. The van der Waals surface area contributed by atoms with Crippen LogP contribution in [0.2, 0.25) is 0 Å². The normalized spacial score (nSPS) is 13.2. The summed E-state index contributed by atoms with van der Waals surface area (Å²) in [5.74, 6) is 1.36. The second kappa shape index (κ2) is 8.57. The lowest BCUT2D eigenvalue weighted by Gasteiger charge is -2.15. The number of hydrogen-bond acceptors (Lipinski definition) is 2. The molecule has 0 aliphatic heterocycles. The summed E-state index contributed by atoms with van der Waals surface area (Å²) >= 11 is 0. The third kappa shape index (κ3) is 8.72. The standard InChI is InChI=1S/C13H28N2O/c1-10(2)7-6-8-14-12(5)13(16)15-9-11(3)4/h10-12,14H,6-9H2,1-5H3,(H,15,16). The monoisotopic (exact) mass is 228 g/mol. The Labute approximate surface area is 100 Å². The van der Waals surface area contributed by atoms with Gasteiger partial charge in [0, 0.05) is 6.54 Å². The topological polar surface area (TPSA) is 41.1 Å². The molecule has 0 fully saturated rings. The van der Waals surface area contributed by atoms with Crippen molar-refractivity contribution in [1.82, 2.24) is 10.6 Å². The Balaban J connectivity index is 3.55. The van der Waals surface area contributed by atoms with Crippen molar-refractivity contribution in [1.29, 1.82) is 0 Å². The molecule has 96 valence electrons. The lowest BCUT2D eigenvalue weighted by molar-refractivity contribution is -0.122. The first-order chi connectivity index (χ1) is 7.43. The van der Waals surface area contributed by atoms with Gasteiger partial charge in [0.25, 0.3) is 0 Å². The Kier molecular flexibility index (Phi) is 8.26. The number of nitrogens with one attached hydrogen (secondary N) is 2. The molecule has 0 aliphatic rings. The highest BCUT2D eigenvalue weighted by Crippen LogP contribution is 2.02. The van der Waals surface area contributed by atoms with Gasteiger partial charge in [-0.15, -0.1) is 0 Å². The SMILES string of the molecule is CC(C)CCCNC(C)C(=O)NCC(C)C. The highest BCUT2D eigenvalue weighted by atomic mass is 16.2. The average molecular weight is 228 g/mol. The lowest BCUT2D eigenvalue weighted by atomic mass is 10.1. The molecule has 2 N–H and O–H groups in total. The van der Waals surface area contributed by atoms with E-state index in [0.717, 1.165) is 25.4 Å². The molecule has 3 heteroatoms. The van der Waals surface area contributed by atoms with Crippen molar-refractivity contribution in [3.05, 3.63) is 0 Å². The summed E-state index contributed by atoms with van der Waals surface area (Å²) in [4.78, 5) is 11.6. The fourth-order valence-electron chi connectivity index (χ4n) is 1.38. The van der Waals surface area contributed by atoms with E-state index in [1.54, 1.807) is 0 Å². The van der Waals surface area contributed by atoms with Crippen LogP contribution in [0.15, 0.2) is 0 Å². The van der Waals surface area contributed by atoms with E-state index in [-0.39, 0.29) is 11.9 Å². The molecule has 0 bridgehead atoms. The van der Waals surface area contributed by atoms with Crippen LogP contribution >= 0.6 is 0 Å². The molecular formula is C13H28N2O. The molecule has 0 radical (unpaired) electrons. The summed E-state index contributed by atoms with van der Waals surface area (Å²) in [5.41, 5.74) is 0. The summed E-state index contributed by atoms with van der Waals surface area (Å²) < 4.78 is 0. The van der Waals surface area contributed by atoms with Gasteiger partial charge >= 0.3 is 0 Å². The molecule has 1 amide bonds. The van der Waals surface area contributed by atoms with Crippen molar-refractivity contribution in [3.63, 3.8) is 0 Å². The predicted molar refractivity (Wildman–Crippen MR) is 69.4 cm³/mol. The van der Waals surface area contributed by atoms with E-state index in [9.17, 15) is 4.79 Å². The van der Waals surface area contributed by atoms with Gasteiger partial charge in [0.05, 0.1) is 6.04 Å². The van der Waals surface area contributed by atoms with Crippen LogP contribution in [0.5, 0.6) is 0 Å². The number of carbonyl (C=O) groups excluding carboxylic acids is 1. The van der Waals surface area contributed by atoms with E-state index in [0.29, 0.717) is 5.92 Å². The van der Waals surface area contributed by atoms with Crippen molar-refractivity contribution in [2.24, 2.45) is 11.8 Å². The third-order valence-corrected chi connectivity index (χ3v) is 2.49. The zero-order chi connectivity index (χ0) is 12.6. The minimum Gasteiger partial charge on any atom is -0.354 e. The van der Waals surface area contributed by atoms with Gasteiger partial charge in [-0.3, -0.25) is 4.79 Å². The van der Waals surface area contributed by atoms with Crippen molar-refractivity contribution in [2.45, 2.75) is 53.5 Å². The number of rotatable bonds is 8. The van der Waals surface area contributed by atoms with Gasteiger partial charge in [-0.1, -0.05) is 27.7 Å². The lowest BCUT2D eigenvalue weighted by Crippen LogP contribution is -2.43. The van der Waals surface area contributed by atoms with E-state index in [1.807, 2.05) is 6.92 Å². The third-order valence-electron chi connectivity index (χ3n) is 2.49. The van der Waals surface area contributed by atoms with Gasteiger partial charge in [0.2, 0.25) is 5.91 Å². The van der Waals surface area contributed by atoms with E-state index in [1.165, 1.54) is 6.42 Å². The van der Waals surface area contributed by atoms with Crippen molar-refractivity contribution in [2.75, 3.05) is 13.1 Å². The molecule has 0 aliphatic carbocycles. The Morgan fingerprint density at radius 2 is 1.69 bits per heavy atom. The number of carbonyl (C=O) groups is 1. The summed E-state index contributed by atoms with van der Waals surface area (Å²) in [5, 5.41) is 6.18. The molecule has 0 aromatic carbocycles. The number of hydrogen-bond donors (Lipinski definition) is 2. The minimum atomic E-state index is -0.0779. The molecule has 0 saturated carbocycles. The molecule has 0 heterocycles. The van der Waals surface area contributed by atoms with Crippen LogP contribution in [-0.4, -0.2) is 25.0 Å². The second-order valence-corrected chi connectivity index (χ2v) is 5.35. The first-order valence-electron chi connectivity index (χ1n) is 6.44. The van der Waals surface area contributed by atoms with Crippen LogP contribution in [0.25, 0.3) is 0 Å². The highest BCUT2D eigenvalue weighted by Gasteiger charge is 2.11. The summed E-state index contributed by atoms with van der Waals surface area (Å²) in [7, 11) is 0. The Bertz CT molecular complexity index is 190. The molecule has 3 nitrogen and oxygen atoms in total. The largest absolute Gasteiger partial charge is 0.354 e. The van der Waals surface area contributed by atoms with Crippen molar-refractivity contribution >= 4 is 5.91 Å². The summed E-state index contributed by atoms with van der Waals surface area (Å²) in [6.45, 7) is 12.2. The summed E-state index contributed by atoms with van der Waals surface area (Å²) in [6.07, 6.45) is 2.35. The zero-order valence-corrected chi connectivity index (χ0v) is 11.5. The first-order valence-corrected chi connectivity index (χ1v) is 6.44. The molecule has 0 spiro atoms. The van der Waals surface area contributed by atoms with Crippen LogP contribution in [0.4, 0.5) is 0 Å². The van der Waals surface area contributed by atoms with Gasteiger partial charge in [0.1, 0.15) is 0 Å². The first kappa shape index (κ1) is 15.4. The van der Waals surface area contributed by atoms with Gasteiger partial charge in [-0.25, -0.2) is 0 Å². The zero-order valence-electron chi connectivity index (χ0n) is 11.5. The Hall–Kier alpha value is -0.570. The molecule has 0 saturated heterocycles. The van der Waals surface area contributed by atoms with E-state index < -0.39 is 0 Å². The van der Waals surface area contributed by atoms with Gasteiger partial charge in [0.15, 0.2) is 0 Å². The predicted octanol–water partition coefficient (Wildman–Crippen LogP) is 2.17. The maximum absolute atomic E-state index is 11.6. The van der Waals surface area contributed by atoms with E-state index in [2.05, 4.69) is 38.3 Å². The Morgan fingerprint density at radius 1 is 1.06 bits per heavy atom. The molecule has 0 aromatic heterocycles. The van der Waals surface area contributed by atoms with Crippen molar-refractivity contribution < 1.29 is 4.79 Å². The van der Waals surface area contributed by atoms with Gasteiger partial charge in [-0.2, -0.15) is 0 Å². The maximum Gasteiger partial charge on any atom is 0.236 e. The smallest absolute Gasteiger partial charge is 0.236 e. The maximum atomic E-state index is 11.6. The summed E-state index contributed by atoms with van der Waals surface area (Å²) in [6, 6.07) is -0.0779. The van der Waals surface area contributed by atoms with Crippen molar-refractivity contribution in [3.8, 4) is 0 Å². The fraction of sp³-hybridized carbons (Fsp3) is 0.923. The minimum absolute atomic E-state index is 0.0779. The Morgan fingerprint density at radius 3 is 2.19 bits per heavy atom. The fourth-order valence-corrected chi connectivity index (χ4v) is 1.38. The van der Waals surface area contributed by atoms with Gasteiger partial charge in [-0.05, 0) is 38.1 Å². The average Bonchev–Trinajstić information content (AvgIpc) is 2.20. The van der Waals surface area contributed by atoms with E-state index >= 15 is 0 Å². The van der Waals surface area contributed by atoms with Gasteiger partial charge < -0.3 is 10.6 Å². The van der Waals surface area contributed by atoms with Crippen LogP contribution in [0.1, 0.15) is 47.5 Å². The molecular weight excluding hydrogens is 200 g/mol. The quantitative estimate of drug-likeness (QED) is 0.625. The molecule has 16 heavy (non-hydrogen) atoms. The van der Waals surface area contributed by atoms with Crippen LogP contribution in [-0.2, 0) is 4.79 Å².